The average molecular weight is 522 g/mol. The van der Waals surface area contributed by atoms with Crippen LogP contribution in [0.25, 0.3) is 11.0 Å². The number of aryl methyl sites for hydroxylation is 1. The summed E-state index contributed by atoms with van der Waals surface area (Å²) in [6, 6.07) is 5.65. The summed E-state index contributed by atoms with van der Waals surface area (Å²) in [5.74, 6) is 0.307. The summed E-state index contributed by atoms with van der Waals surface area (Å²) < 4.78 is 2.84. The maximum absolute atomic E-state index is 12.9. The van der Waals surface area contributed by atoms with Gasteiger partial charge < -0.3 is 14.5 Å². The molecule has 2 heterocycles. The van der Waals surface area contributed by atoms with Crippen LogP contribution in [0.1, 0.15) is 66.3 Å². The first-order chi connectivity index (χ1) is 14.3. The summed E-state index contributed by atoms with van der Waals surface area (Å²) in [6.45, 7) is 6.23. The molecule has 0 atom stereocenters. The van der Waals surface area contributed by atoms with Gasteiger partial charge in [0, 0.05) is 31.4 Å². The highest BCUT2D eigenvalue weighted by Gasteiger charge is 2.22. The van der Waals surface area contributed by atoms with E-state index in [1.54, 1.807) is 26.2 Å². The highest BCUT2D eigenvalue weighted by atomic mass is 127. The Bertz CT molecular complexity index is 1080. The zero-order chi connectivity index (χ0) is 22.0. The molecule has 30 heavy (non-hydrogen) atoms. The predicted octanol–water partition coefficient (Wildman–Crippen LogP) is 4.24. The Morgan fingerprint density at radius 1 is 1.20 bits per heavy atom. The van der Waals surface area contributed by atoms with E-state index in [4.69, 9.17) is 0 Å². The van der Waals surface area contributed by atoms with Gasteiger partial charge in [-0.15, -0.1) is 0 Å². The molecule has 0 saturated heterocycles. The topological polar surface area (TPSA) is 95.9 Å². The van der Waals surface area contributed by atoms with Crippen LogP contribution in [-0.2, 0) is 6.42 Å². The SMILES string of the molecule is CCc1[nH]c(C(=O)Nc2nc3cc(C(=O)N(C)C)ccc3n2C(CC)CC)nc1I. The minimum absolute atomic E-state index is 0.0863. The molecule has 0 radical (unpaired) electrons. The van der Waals surface area contributed by atoms with E-state index in [-0.39, 0.29) is 23.7 Å². The van der Waals surface area contributed by atoms with Crippen molar-refractivity contribution >= 4 is 51.4 Å². The Morgan fingerprint density at radius 3 is 2.47 bits per heavy atom. The van der Waals surface area contributed by atoms with Crippen LogP contribution in [0, 0.1) is 3.70 Å². The number of carbonyl (C=O) groups is 2. The van der Waals surface area contributed by atoms with Crippen LogP contribution in [0.2, 0.25) is 0 Å². The number of hydrogen-bond donors (Lipinski definition) is 2. The van der Waals surface area contributed by atoms with Crippen LogP contribution in [0.4, 0.5) is 5.95 Å². The lowest BCUT2D eigenvalue weighted by atomic mass is 10.1. The van der Waals surface area contributed by atoms with Crippen LogP contribution in [-0.4, -0.2) is 50.3 Å². The number of aromatic amines is 1. The highest BCUT2D eigenvalue weighted by molar-refractivity contribution is 14.1. The largest absolute Gasteiger partial charge is 0.345 e. The number of aromatic nitrogens is 4. The van der Waals surface area contributed by atoms with E-state index >= 15 is 0 Å². The van der Waals surface area contributed by atoms with Crippen molar-refractivity contribution in [2.45, 2.75) is 46.1 Å². The van der Waals surface area contributed by atoms with Gasteiger partial charge in [-0.2, -0.15) is 0 Å². The van der Waals surface area contributed by atoms with Crippen LogP contribution < -0.4 is 5.32 Å². The molecule has 2 aromatic heterocycles. The van der Waals surface area contributed by atoms with E-state index in [2.05, 4.69) is 56.7 Å². The molecule has 0 aliphatic heterocycles. The summed E-state index contributed by atoms with van der Waals surface area (Å²) in [6.07, 6.45) is 2.55. The van der Waals surface area contributed by atoms with Gasteiger partial charge in [0.2, 0.25) is 5.95 Å². The minimum atomic E-state index is -0.334. The second kappa shape index (κ2) is 9.15. The monoisotopic (exact) mass is 522 g/mol. The third-order valence-corrected chi connectivity index (χ3v) is 6.06. The van der Waals surface area contributed by atoms with Crippen molar-refractivity contribution in [3.05, 3.63) is 39.0 Å². The molecule has 8 nitrogen and oxygen atoms in total. The molecule has 0 unspecified atom stereocenters. The van der Waals surface area contributed by atoms with Crippen LogP contribution in [0.15, 0.2) is 18.2 Å². The van der Waals surface area contributed by atoms with E-state index in [0.717, 1.165) is 34.2 Å². The number of benzene rings is 1. The number of amides is 2. The fourth-order valence-electron chi connectivity index (χ4n) is 3.49. The van der Waals surface area contributed by atoms with E-state index in [9.17, 15) is 9.59 Å². The minimum Gasteiger partial charge on any atom is -0.345 e. The first-order valence-corrected chi connectivity index (χ1v) is 11.2. The van der Waals surface area contributed by atoms with Crippen LogP contribution in [0.5, 0.6) is 0 Å². The van der Waals surface area contributed by atoms with Gasteiger partial charge in [-0.1, -0.05) is 20.8 Å². The summed E-state index contributed by atoms with van der Waals surface area (Å²) in [5.41, 5.74) is 3.06. The zero-order valence-electron chi connectivity index (χ0n) is 17.9. The predicted molar refractivity (Wildman–Crippen MR) is 126 cm³/mol. The van der Waals surface area contributed by atoms with Gasteiger partial charge in [0.05, 0.1) is 11.0 Å². The quantitative estimate of drug-likeness (QED) is 0.454. The summed E-state index contributed by atoms with van der Waals surface area (Å²) in [5, 5.41) is 2.92. The third kappa shape index (κ3) is 4.21. The Morgan fingerprint density at radius 2 is 1.90 bits per heavy atom. The van der Waals surface area contributed by atoms with Gasteiger partial charge in [-0.25, -0.2) is 9.97 Å². The number of nitrogens with one attached hydrogen (secondary N) is 2. The molecule has 0 aliphatic rings. The first kappa shape index (κ1) is 22.3. The number of halogens is 1. The van der Waals surface area contributed by atoms with E-state index in [1.807, 2.05) is 17.6 Å². The fraction of sp³-hybridized carbons (Fsp3) is 0.429. The van der Waals surface area contributed by atoms with Crippen molar-refractivity contribution in [1.29, 1.82) is 0 Å². The molecule has 0 saturated carbocycles. The zero-order valence-corrected chi connectivity index (χ0v) is 20.1. The third-order valence-electron chi connectivity index (χ3n) is 5.17. The van der Waals surface area contributed by atoms with Gasteiger partial charge in [0.15, 0.2) is 5.82 Å². The van der Waals surface area contributed by atoms with Gasteiger partial charge in [-0.3, -0.25) is 14.9 Å². The Balaban J connectivity index is 2.05. The lowest BCUT2D eigenvalue weighted by molar-refractivity contribution is 0.0827. The molecule has 2 N–H and O–H groups in total. The number of imidazole rings is 2. The number of hydrogen-bond acceptors (Lipinski definition) is 4. The van der Waals surface area contributed by atoms with E-state index in [1.165, 1.54) is 4.90 Å². The standard InChI is InChI=1S/C21H27IN6O2/c1-6-13(7-2)28-16-10-9-12(20(30)27(4)5)11-15(16)24-21(28)26-19(29)18-23-14(8-3)17(22)25-18/h9-11,13H,6-8H2,1-5H3,(H,23,25)(H,24,26,29). The number of nitrogens with zero attached hydrogens (tertiary/aromatic N) is 4. The summed E-state index contributed by atoms with van der Waals surface area (Å²) >= 11 is 2.12. The van der Waals surface area contributed by atoms with Crippen molar-refractivity contribution in [2.75, 3.05) is 19.4 Å². The molecule has 2 amide bonds. The van der Waals surface area contributed by atoms with Crippen molar-refractivity contribution in [1.82, 2.24) is 24.4 Å². The lowest BCUT2D eigenvalue weighted by Gasteiger charge is -2.19. The second-order valence-corrected chi connectivity index (χ2v) is 8.36. The molecule has 1 aromatic carbocycles. The second-order valence-electron chi connectivity index (χ2n) is 7.34. The Kier molecular flexibility index (Phi) is 6.79. The van der Waals surface area contributed by atoms with Crippen LogP contribution in [0.3, 0.4) is 0 Å². The van der Waals surface area contributed by atoms with Crippen LogP contribution >= 0.6 is 22.6 Å². The number of H-pyrrole nitrogens is 1. The average Bonchev–Trinajstić information content (AvgIpc) is 3.28. The molecule has 0 fully saturated rings. The smallest absolute Gasteiger partial charge is 0.293 e. The number of fused-ring (bicyclic) bond motifs is 1. The molecule has 3 rings (SSSR count). The van der Waals surface area contributed by atoms with Crippen molar-refractivity contribution in [3.8, 4) is 0 Å². The number of carbonyl (C=O) groups excluding carboxylic acids is 2. The molecular weight excluding hydrogens is 495 g/mol. The van der Waals surface area contributed by atoms with Gasteiger partial charge in [0.25, 0.3) is 11.8 Å². The molecule has 9 heteroatoms. The maximum Gasteiger partial charge on any atom is 0.293 e. The van der Waals surface area contributed by atoms with Gasteiger partial charge in [0.1, 0.15) is 3.70 Å². The maximum atomic E-state index is 12.9. The molecule has 3 aromatic rings. The molecule has 0 spiro atoms. The lowest BCUT2D eigenvalue weighted by Crippen LogP contribution is -2.21. The molecule has 0 bridgehead atoms. The van der Waals surface area contributed by atoms with Gasteiger partial charge in [-0.05, 0) is 60.1 Å². The molecular formula is C21H27IN6O2. The Hall–Kier alpha value is -2.43. The number of rotatable bonds is 7. The molecule has 160 valence electrons. The normalized spacial score (nSPS) is 11.3. The van der Waals surface area contributed by atoms with E-state index in [0.29, 0.717) is 17.0 Å². The van der Waals surface area contributed by atoms with Crippen molar-refractivity contribution < 1.29 is 9.59 Å². The summed E-state index contributed by atoms with van der Waals surface area (Å²) in [7, 11) is 3.44. The Labute approximate surface area is 189 Å². The molecule has 0 aliphatic carbocycles. The highest BCUT2D eigenvalue weighted by Crippen LogP contribution is 2.29. The first-order valence-electron chi connectivity index (χ1n) is 10.1. The fourth-order valence-corrected chi connectivity index (χ4v) is 4.25. The summed E-state index contributed by atoms with van der Waals surface area (Å²) in [4.78, 5) is 38.8. The number of anilines is 1. The van der Waals surface area contributed by atoms with E-state index < -0.39 is 0 Å². The van der Waals surface area contributed by atoms with Gasteiger partial charge >= 0.3 is 0 Å². The van der Waals surface area contributed by atoms with Crippen molar-refractivity contribution in [2.24, 2.45) is 0 Å². The van der Waals surface area contributed by atoms with Crippen molar-refractivity contribution in [3.63, 3.8) is 0 Å².